The van der Waals surface area contributed by atoms with E-state index < -0.39 is 22.0 Å². The number of benzene rings is 1. The first kappa shape index (κ1) is 22.2. The SMILES string of the molecule is CCCCCC(=O)N1CCN(S(=O)(=O)c2ccc(OC)cc2)C(C(=O)OC)C1. The van der Waals surface area contributed by atoms with Crippen LogP contribution in [0.5, 0.6) is 5.75 Å². The molecule has 1 fully saturated rings. The Kier molecular flexibility index (Phi) is 7.82. The topological polar surface area (TPSA) is 93.2 Å². The molecular weight excluding hydrogens is 384 g/mol. The summed E-state index contributed by atoms with van der Waals surface area (Å²) in [7, 11) is -1.22. The molecule has 8 nitrogen and oxygen atoms in total. The number of ether oxygens (including phenoxy) is 2. The Morgan fingerprint density at radius 2 is 1.79 bits per heavy atom. The average molecular weight is 413 g/mol. The first-order valence-electron chi connectivity index (χ1n) is 9.36. The van der Waals surface area contributed by atoms with Gasteiger partial charge in [-0.05, 0) is 30.7 Å². The minimum atomic E-state index is -3.92. The van der Waals surface area contributed by atoms with Crippen molar-refractivity contribution in [3.8, 4) is 5.75 Å². The third kappa shape index (κ3) is 5.02. The molecule has 1 unspecified atom stereocenters. The zero-order valence-electron chi connectivity index (χ0n) is 16.6. The fourth-order valence-electron chi connectivity index (χ4n) is 3.18. The number of rotatable bonds is 8. The van der Waals surface area contributed by atoms with Gasteiger partial charge in [0.25, 0.3) is 0 Å². The number of nitrogens with zero attached hydrogens (tertiary/aromatic N) is 2. The molecule has 0 spiro atoms. The lowest BCUT2D eigenvalue weighted by Crippen LogP contribution is -2.59. The molecule has 1 aliphatic rings. The normalized spacial score (nSPS) is 18.0. The number of esters is 1. The summed E-state index contributed by atoms with van der Waals surface area (Å²) in [6, 6.07) is 4.90. The lowest BCUT2D eigenvalue weighted by molar-refractivity contribution is -0.149. The molecule has 9 heteroatoms. The van der Waals surface area contributed by atoms with Crippen molar-refractivity contribution in [2.75, 3.05) is 33.9 Å². The van der Waals surface area contributed by atoms with Crippen molar-refractivity contribution in [3.63, 3.8) is 0 Å². The first-order chi connectivity index (χ1) is 13.3. The maximum Gasteiger partial charge on any atom is 0.326 e. The molecule has 0 radical (unpaired) electrons. The summed E-state index contributed by atoms with van der Waals surface area (Å²) in [5.74, 6) is -0.210. The van der Waals surface area contributed by atoms with E-state index in [2.05, 4.69) is 6.92 Å². The maximum atomic E-state index is 13.1. The van der Waals surface area contributed by atoms with Gasteiger partial charge < -0.3 is 14.4 Å². The standard InChI is InChI=1S/C19H28N2O6S/c1-4-5-6-7-18(22)20-12-13-21(17(14-20)19(23)27-3)28(24,25)16-10-8-15(26-2)9-11-16/h8-11,17H,4-7,12-14H2,1-3H3. The molecule has 0 N–H and O–H groups in total. The van der Waals surface area contributed by atoms with Crippen LogP contribution in [0.1, 0.15) is 32.6 Å². The fraction of sp³-hybridized carbons (Fsp3) is 0.579. The van der Waals surface area contributed by atoms with Gasteiger partial charge in [0, 0.05) is 26.1 Å². The van der Waals surface area contributed by atoms with Crippen LogP contribution >= 0.6 is 0 Å². The Bertz CT molecular complexity index is 778. The molecule has 0 aromatic heterocycles. The Hall–Kier alpha value is -2.13. The van der Waals surface area contributed by atoms with Crippen LogP contribution in [-0.2, 0) is 24.3 Å². The van der Waals surface area contributed by atoms with E-state index in [-0.39, 0.29) is 30.4 Å². The molecule has 0 saturated carbocycles. The van der Waals surface area contributed by atoms with Crippen molar-refractivity contribution in [2.45, 2.75) is 43.5 Å². The van der Waals surface area contributed by atoms with Crippen LogP contribution in [0.25, 0.3) is 0 Å². The smallest absolute Gasteiger partial charge is 0.326 e. The number of carbonyl (C=O) groups excluding carboxylic acids is 2. The van der Waals surface area contributed by atoms with Crippen LogP contribution < -0.4 is 4.74 Å². The third-order valence-electron chi connectivity index (χ3n) is 4.82. The van der Waals surface area contributed by atoms with Gasteiger partial charge in [-0.1, -0.05) is 19.8 Å². The van der Waals surface area contributed by atoms with E-state index in [0.717, 1.165) is 23.6 Å². The highest BCUT2D eigenvalue weighted by atomic mass is 32.2. The second-order valence-electron chi connectivity index (χ2n) is 6.63. The molecule has 28 heavy (non-hydrogen) atoms. The van der Waals surface area contributed by atoms with Gasteiger partial charge in [-0.2, -0.15) is 4.31 Å². The lowest BCUT2D eigenvalue weighted by Gasteiger charge is -2.39. The molecule has 1 heterocycles. The van der Waals surface area contributed by atoms with E-state index in [9.17, 15) is 18.0 Å². The number of hydrogen-bond acceptors (Lipinski definition) is 6. The number of amides is 1. The van der Waals surface area contributed by atoms with Crippen LogP contribution in [0.2, 0.25) is 0 Å². The maximum absolute atomic E-state index is 13.1. The number of unbranched alkanes of at least 4 members (excludes halogenated alkanes) is 2. The summed E-state index contributed by atoms with van der Waals surface area (Å²) in [5, 5.41) is 0. The van der Waals surface area contributed by atoms with Crippen LogP contribution in [0.15, 0.2) is 29.2 Å². The minimum Gasteiger partial charge on any atom is -0.497 e. The summed E-state index contributed by atoms with van der Waals surface area (Å²) >= 11 is 0. The fourth-order valence-corrected chi connectivity index (χ4v) is 4.74. The van der Waals surface area contributed by atoms with Gasteiger partial charge >= 0.3 is 5.97 Å². The highest BCUT2D eigenvalue weighted by molar-refractivity contribution is 7.89. The third-order valence-corrected chi connectivity index (χ3v) is 6.74. The minimum absolute atomic E-state index is 0.00693. The van der Waals surface area contributed by atoms with E-state index in [1.54, 1.807) is 17.0 Å². The van der Waals surface area contributed by atoms with Crippen LogP contribution in [0.4, 0.5) is 0 Å². The molecule has 0 aliphatic carbocycles. The summed E-state index contributed by atoms with van der Waals surface area (Å²) in [6.45, 7) is 2.33. The van der Waals surface area contributed by atoms with E-state index in [4.69, 9.17) is 9.47 Å². The highest BCUT2D eigenvalue weighted by Crippen LogP contribution is 2.24. The second kappa shape index (κ2) is 9.88. The van der Waals surface area contributed by atoms with E-state index in [1.807, 2.05) is 0 Å². The molecule has 1 aromatic carbocycles. The molecule has 1 atom stereocenters. The van der Waals surface area contributed by atoms with Gasteiger partial charge in [0.2, 0.25) is 15.9 Å². The molecule has 1 amide bonds. The number of hydrogen-bond donors (Lipinski definition) is 0. The van der Waals surface area contributed by atoms with Crippen molar-refractivity contribution < 1.29 is 27.5 Å². The van der Waals surface area contributed by atoms with Crippen molar-refractivity contribution >= 4 is 21.9 Å². The molecule has 2 rings (SSSR count). The van der Waals surface area contributed by atoms with Gasteiger partial charge in [0.05, 0.1) is 19.1 Å². The van der Waals surface area contributed by atoms with Gasteiger partial charge in [-0.25, -0.2) is 8.42 Å². The van der Waals surface area contributed by atoms with E-state index in [1.165, 1.54) is 26.4 Å². The van der Waals surface area contributed by atoms with Crippen LogP contribution in [0, 0.1) is 0 Å². The number of piperazine rings is 1. The molecule has 0 bridgehead atoms. The Labute approximate surface area is 166 Å². The molecule has 156 valence electrons. The first-order valence-corrected chi connectivity index (χ1v) is 10.8. The van der Waals surface area contributed by atoms with Crippen molar-refractivity contribution in [1.82, 2.24) is 9.21 Å². The molecule has 1 saturated heterocycles. The van der Waals surface area contributed by atoms with Gasteiger partial charge in [-0.15, -0.1) is 0 Å². The molecular formula is C19H28N2O6S. The largest absolute Gasteiger partial charge is 0.497 e. The summed E-state index contributed by atoms with van der Waals surface area (Å²) in [5.41, 5.74) is 0. The quantitative estimate of drug-likeness (QED) is 0.476. The van der Waals surface area contributed by atoms with Gasteiger partial charge in [0.1, 0.15) is 11.8 Å². The van der Waals surface area contributed by atoms with Crippen LogP contribution in [0.3, 0.4) is 0 Å². The summed E-state index contributed by atoms with van der Waals surface area (Å²) in [4.78, 5) is 26.3. The number of methoxy groups -OCH3 is 2. The van der Waals surface area contributed by atoms with E-state index >= 15 is 0 Å². The second-order valence-corrected chi connectivity index (χ2v) is 8.52. The summed E-state index contributed by atoms with van der Waals surface area (Å²) in [6.07, 6.45) is 3.14. The van der Waals surface area contributed by atoms with Crippen LogP contribution in [-0.4, -0.2) is 69.4 Å². The number of sulfonamides is 1. The van der Waals surface area contributed by atoms with Crippen molar-refractivity contribution in [3.05, 3.63) is 24.3 Å². The monoisotopic (exact) mass is 412 g/mol. The zero-order valence-corrected chi connectivity index (χ0v) is 17.4. The van der Waals surface area contributed by atoms with E-state index in [0.29, 0.717) is 12.2 Å². The molecule has 1 aromatic rings. The predicted molar refractivity (Wildman–Crippen MR) is 103 cm³/mol. The lowest BCUT2D eigenvalue weighted by atomic mass is 10.1. The van der Waals surface area contributed by atoms with Crippen molar-refractivity contribution in [2.24, 2.45) is 0 Å². The Morgan fingerprint density at radius 1 is 1.11 bits per heavy atom. The van der Waals surface area contributed by atoms with Gasteiger partial charge in [0.15, 0.2) is 0 Å². The van der Waals surface area contributed by atoms with Gasteiger partial charge in [-0.3, -0.25) is 9.59 Å². The Balaban J connectivity index is 2.21. The predicted octanol–water partition coefficient (Wildman–Crippen LogP) is 1.65. The molecule has 1 aliphatic heterocycles. The Morgan fingerprint density at radius 3 is 2.36 bits per heavy atom. The summed E-state index contributed by atoms with van der Waals surface area (Å²) < 4.78 is 37.1. The van der Waals surface area contributed by atoms with Crippen molar-refractivity contribution in [1.29, 1.82) is 0 Å². The zero-order chi connectivity index (χ0) is 20.7. The number of carbonyl (C=O) groups is 2. The average Bonchev–Trinajstić information content (AvgIpc) is 2.72. The highest BCUT2D eigenvalue weighted by Gasteiger charge is 2.41.